The van der Waals surface area contributed by atoms with Gasteiger partial charge in [0.2, 0.25) is 0 Å². The van der Waals surface area contributed by atoms with E-state index in [-0.39, 0.29) is 0 Å². The Morgan fingerprint density at radius 3 is 2.15 bits per heavy atom. The van der Waals surface area contributed by atoms with Gasteiger partial charge in [-0.05, 0) is 68.3 Å². The van der Waals surface area contributed by atoms with Gasteiger partial charge < -0.3 is 9.88 Å². The van der Waals surface area contributed by atoms with Gasteiger partial charge in [0, 0.05) is 17.0 Å². The summed E-state index contributed by atoms with van der Waals surface area (Å²) in [6, 6.07) is 16.9. The highest BCUT2D eigenvalue weighted by Gasteiger charge is 2.16. The van der Waals surface area contributed by atoms with Crippen molar-refractivity contribution in [2.75, 3.05) is 18.6 Å². The fourth-order valence-electron chi connectivity index (χ4n) is 3.23. The largest absolute Gasteiger partial charge is 0.382 e. The van der Waals surface area contributed by atoms with Crippen molar-refractivity contribution >= 4 is 23.7 Å². The number of para-hydroxylation sites is 1. The summed E-state index contributed by atoms with van der Waals surface area (Å²) in [5.74, 6) is 0.661. The van der Waals surface area contributed by atoms with Crippen molar-refractivity contribution in [3.8, 4) is 0 Å². The van der Waals surface area contributed by atoms with Crippen LogP contribution in [0.5, 0.6) is 0 Å². The molecule has 0 spiro atoms. The molecule has 0 aliphatic heterocycles. The van der Waals surface area contributed by atoms with E-state index in [1.807, 2.05) is 24.3 Å². The summed E-state index contributed by atoms with van der Waals surface area (Å²) >= 11 is 0. The molecule has 0 saturated heterocycles. The van der Waals surface area contributed by atoms with Crippen LogP contribution >= 0.6 is 7.14 Å². The number of fused-ring (bicyclic) bond motifs is 1. The number of hydrogen-bond acceptors (Lipinski definition) is 2. The summed E-state index contributed by atoms with van der Waals surface area (Å²) in [4.78, 5) is 0. The first kappa shape index (κ1) is 20.5. The third-order valence-electron chi connectivity index (χ3n) is 4.42. The topological polar surface area (TPSA) is 29.1 Å². The second-order valence-electron chi connectivity index (χ2n) is 7.84. The maximum atomic E-state index is 12.0. The molecule has 0 bridgehead atoms. The molecule has 1 aliphatic carbocycles. The Bertz CT molecular complexity index is 814. The van der Waals surface area contributed by atoms with Crippen molar-refractivity contribution in [1.82, 2.24) is 0 Å². The molecule has 1 N–H and O–H groups in total. The van der Waals surface area contributed by atoms with Crippen LogP contribution in [0.25, 0.3) is 5.57 Å². The zero-order valence-electron chi connectivity index (χ0n) is 16.9. The summed E-state index contributed by atoms with van der Waals surface area (Å²) < 4.78 is 12.0. The number of allylic oxidation sites excluding steroid dienone is 2. The Labute approximate surface area is 159 Å². The van der Waals surface area contributed by atoms with Gasteiger partial charge in [0.1, 0.15) is 7.14 Å². The van der Waals surface area contributed by atoms with Gasteiger partial charge in [0.25, 0.3) is 0 Å². The molecule has 140 valence electrons. The van der Waals surface area contributed by atoms with Gasteiger partial charge in [-0.1, -0.05) is 56.3 Å². The predicted octanol–water partition coefficient (Wildman–Crippen LogP) is 6.04. The van der Waals surface area contributed by atoms with Gasteiger partial charge >= 0.3 is 0 Å². The highest BCUT2D eigenvalue weighted by Crippen LogP contribution is 2.37. The van der Waals surface area contributed by atoms with Crippen LogP contribution in [0.2, 0.25) is 0 Å². The molecular formula is C23H32NOP. The van der Waals surface area contributed by atoms with Gasteiger partial charge in [-0.15, -0.1) is 0 Å². The lowest BCUT2D eigenvalue weighted by Crippen LogP contribution is -2.17. The van der Waals surface area contributed by atoms with Crippen molar-refractivity contribution in [3.05, 3.63) is 65.7 Å². The minimum absolute atomic E-state index is 0.364. The average Bonchev–Trinajstić information content (AvgIpc) is 2.98. The van der Waals surface area contributed by atoms with Gasteiger partial charge in [0.15, 0.2) is 0 Å². The maximum Gasteiger partial charge on any atom is 0.111 e. The first-order valence-electron chi connectivity index (χ1n) is 9.39. The number of rotatable bonds is 4. The van der Waals surface area contributed by atoms with E-state index in [2.05, 4.69) is 63.4 Å². The zero-order chi connectivity index (χ0) is 19.3. The van der Waals surface area contributed by atoms with Gasteiger partial charge in [0.05, 0.1) is 0 Å². The molecule has 2 aromatic carbocycles. The molecule has 0 unspecified atom stereocenters. The van der Waals surface area contributed by atoms with Crippen molar-refractivity contribution < 1.29 is 4.57 Å². The monoisotopic (exact) mass is 369 g/mol. The van der Waals surface area contributed by atoms with Gasteiger partial charge in [-0.2, -0.15) is 0 Å². The van der Waals surface area contributed by atoms with Crippen molar-refractivity contribution in [3.63, 3.8) is 0 Å². The highest BCUT2D eigenvalue weighted by atomic mass is 31.2. The van der Waals surface area contributed by atoms with Crippen LogP contribution in [-0.2, 0) is 11.0 Å². The third kappa shape index (κ3) is 5.35. The van der Waals surface area contributed by atoms with Crippen molar-refractivity contribution in [1.29, 1.82) is 0 Å². The van der Waals surface area contributed by atoms with Crippen molar-refractivity contribution in [2.45, 2.75) is 40.2 Å². The molecule has 0 aromatic heterocycles. The minimum Gasteiger partial charge on any atom is -0.382 e. The fraction of sp³-hybridized carbons (Fsp3) is 0.391. The van der Waals surface area contributed by atoms with E-state index in [9.17, 15) is 4.57 Å². The SMILES string of the molecule is CC(C)C1=CCc2ccccc21.CC(C)Nc1ccccc1P(C)(C)=O. The minimum atomic E-state index is -2.17. The normalized spacial score (nSPS) is 13.2. The second kappa shape index (κ2) is 8.73. The van der Waals surface area contributed by atoms with E-state index in [0.717, 1.165) is 17.4 Å². The Balaban J connectivity index is 0.000000189. The van der Waals surface area contributed by atoms with E-state index in [1.54, 1.807) is 13.3 Å². The Hall–Kier alpha value is -1.79. The smallest absolute Gasteiger partial charge is 0.111 e. The molecule has 0 amide bonds. The predicted molar refractivity (Wildman–Crippen MR) is 117 cm³/mol. The molecule has 0 heterocycles. The van der Waals surface area contributed by atoms with Crippen LogP contribution in [0.1, 0.15) is 38.8 Å². The van der Waals surface area contributed by atoms with Crippen LogP contribution in [0.3, 0.4) is 0 Å². The molecule has 2 nitrogen and oxygen atoms in total. The molecule has 0 fully saturated rings. The van der Waals surface area contributed by atoms with Crippen LogP contribution in [0.15, 0.2) is 54.6 Å². The molecule has 0 atom stereocenters. The first-order chi connectivity index (χ1) is 12.2. The molecular weight excluding hydrogens is 337 g/mol. The lowest BCUT2D eigenvalue weighted by atomic mass is 9.97. The standard InChI is InChI=1S/C12H14.C11H18NOP/c1-9(2)11-8-7-10-5-3-4-6-12(10)11;1-9(2)12-10-7-5-6-8-11(10)14(3,4)13/h3-6,8-9H,7H2,1-2H3;5-9,12H,1-4H3. The van der Waals surface area contributed by atoms with Gasteiger partial charge in [-0.25, -0.2) is 0 Å². The molecule has 0 saturated carbocycles. The Morgan fingerprint density at radius 1 is 0.923 bits per heavy atom. The van der Waals surface area contributed by atoms with Crippen LogP contribution in [0, 0.1) is 5.92 Å². The molecule has 0 radical (unpaired) electrons. The molecule has 3 rings (SSSR count). The third-order valence-corrected chi connectivity index (χ3v) is 5.97. The summed E-state index contributed by atoms with van der Waals surface area (Å²) in [5, 5.41) is 4.25. The van der Waals surface area contributed by atoms with Crippen LogP contribution in [-0.4, -0.2) is 19.4 Å². The molecule has 1 aliphatic rings. The quantitative estimate of drug-likeness (QED) is 0.666. The maximum absolute atomic E-state index is 12.0. The van der Waals surface area contributed by atoms with Crippen LogP contribution < -0.4 is 10.6 Å². The second-order valence-corrected chi connectivity index (χ2v) is 11.0. The van der Waals surface area contributed by atoms with E-state index in [4.69, 9.17) is 0 Å². The number of benzene rings is 2. The lowest BCUT2D eigenvalue weighted by molar-refractivity contribution is 0.588. The van der Waals surface area contributed by atoms with E-state index in [0.29, 0.717) is 12.0 Å². The Morgan fingerprint density at radius 2 is 1.54 bits per heavy atom. The lowest BCUT2D eigenvalue weighted by Gasteiger charge is -2.16. The van der Waals surface area contributed by atoms with E-state index < -0.39 is 7.14 Å². The molecule has 26 heavy (non-hydrogen) atoms. The number of hydrogen-bond donors (Lipinski definition) is 1. The molecule has 3 heteroatoms. The summed E-state index contributed by atoms with van der Waals surface area (Å²) in [5.41, 5.74) is 5.47. The fourth-order valence-corrected chi connectivity index (χ4v) is 4.40. The Kier molecular flexibility index (Phi) is 6.89. The van der Waals surface area contributed by atoms with E-state index in [1.165, 1.54) is 16.7 Å². The van der Waals surface area contributed by atoms with E-state index >= 15 is 0 Å². The number of nitrogens with one attached hydrogen (secondary N) is 1. The number of anilines is 1. The summed E-state index contributed by atoms with van der Waals surface area (Å²) in [6.07, 6.45) is 3.49. The molecule has 2 aromatic rings. The van der Waals surface area contributed by atoms with Crippen molar-refractivity contribution in [2.24, 2.45) is 5.92 Å². The summed E-state index contributed by atoms with van der Waals surface area (Å²) in [7, 11) is -2.17. The summed E-state index contributed by atoms with van der Waals surface area (Å²) in [6.45, 7) is 12.3. The average molecular weight is 369 g/mol. The van der Waals surface area contributed by atoms with Crippen LogP contribution in [0.4, 0.5) is 5.69 Å². The zero-order valence-corrected chi connectivity index (χ0v) is 17.8. The highest BCUT2D eigenvalue weighted by molar-refractivity contribution is 7.70. The van der Waals surface area contributed by atoms with Gasteiger partial charge in [-0.3, -0.25) is 0 Å². The first-order valence-corrected chi connectivity index (χ1v) is 12.0.